The molecule has 0 aliphatic heterocycles. The van der Waals surface area contributed by atoms with Crippen molar-refractivity contribution in [1.29, 1.82) is 0 Å². The third kappa shape index (κ3) is 4.82. The molecule has 3 rings (SSSR count). The van der Waals surface area contributed by atoms with Crippen LogP contribution in [0.25, 0.3) is 11.3 Å². The number of nitrogens with one attached hydrogen (secondary N) is 1. The Balaban J connectivity index is 1.55. The lowest BCUT2D eigenvalue weighted by molar-refractivity contribution is -0.121. The second-order valence-corrected chi connectivity index (χ2v) is 6.98. The molecule has 0 bridgehead atoms. The van der Waals surface area contributed by atoms with Gasteiger partial charge in [0.25, 0.3) is 0 Å². The molecule has 0 fully saturated rings. The molecule has 4 nitrogen and oxygen atoms in total. The van der Waals surface area contributed by atoms with E-state index in [1.54, 1.807) is 6.20 Å². The van der Waals surface area contributed by atoms with Crippen LogP contribution in [0.4, 0.5) is 0 Å². The maximum absolute atomic E-state index is 12.3. The van der Waals surface area contributed by atoms with E-state index in [9.17, 15) is 4.79 Å². The minimum absolute atomic E-state index is 0.000713. The van der Waals surface area contributed by atoms with Gasteiger partial charge in [0.05, 0.1) is 12.2 Å². The number of aryl methyl sites for hydroxylation is 1. The van der Waals surface area contributed by atoms with E-state index < -0.39 is 0 Å². The average molecular weight is 413 g/mol. The van der Waals surface area contributed by atoms with E-state index in [2.05, 4.69) is 33.2 Å². The van der Waals surface area contributed by atoms with Crippen molar-refractivity contribution in [1.82, 2.24) is 10.3 Å². The largest absolute Gasteiger partial charge is 0.441 e. The van der Waals surface area contributed by atoms with Gasteiger partial charge in [0, 0.05) is 22.9 Å². The van der Waals surface area contributed by atoms with Gasteiger partial charge in [0.1, 0.15) is 0 Å². The van der Waals surface area contributed by atoms with Gasteiger partial charge in [0.15, 0.2) is 11.7 Å². The highest BCUT2D eigenvalue weighted by Gasteiger charge is 2.14. The smallest absolute Gasteiger partial charge is 0.220 e. The molecule has 0 aliphatic rings. The lowest BCUT2D eigenvalue weighted by Crippen LogP contribution is -2.28. The molecule has 1 aromatic heterocycles. The number of amides is 1. The molecule has 1 atom stereocenters. The van der Waals surface area contributed by atoms with E-state index in [4.69, 9.17) is 4.42 Å². The van der Waals surface area contributed by atoms with Gasteiger partial charge in [0.2, 0.25) is 5.91 Å². The fourth-order valence-electron chi connectivity index (χ4n) is 2.76. The number of aromatic nitrogens is 1. The predicted octanol–water partition coefficient (Wildman–Crippen LogP) is 5.30. The molecule has 1 amide bonds. The summed E-state index contributed by atoms with van der Waals surface area (Å²) in [5.41, 5.74) is 2.09. The maximum atomic E-state index is 12.3. The fourth-order valence-corrected chi connectivity index (χ4v) is 3.03. The Bertz CT molecular complexity index is 844. The summed E-state index contributed by atoms with van der Waals surface area (Å²) < 4.78 is 6.78. The number of hydrogen-bond acceptors (Lipinski definition) is 3. The topological polar surface area (TPSA) is 55.1 Å². The Labute approximate surface area is 161 Å². The molecule has 2 aromatic carbocycles. The number of benzene rings is 2. The van der Waals surface area contributed by atoms with Gasteiger partial charge >= 0.3 is 0 Å². The van der Waals surface area contributed by atoms with Gasteiger partial charge in [-0.25, -0.2) is 4.98 Å². The molecular weight excluding hydrogens is 392 g/mol. The second-order valence-electron chi connectivity index (χ2n) is 6.06. The van der Waals surface area contributed by atoms with E-state index in [0.717, 1.165) is 27.8 Å². The molecule has 1 unspecified atom stereocenters. The number of oxazole rings is 1. The highest BCUT2D eigenvalue weighted by molar-refractivity contribution is 9.10. The summed E-state index contributed by atoms with van der Waals surface area (Å²) >= 11 is 3.43. The second kappa shape index (κ2) is 8.81. The summed E-state index contributed by atoms with van der Waals surface area (Å²) in [6.45, 7) is 2.06. The lowest BCUT2D eigenvalue weighted by atomic mass is 10.0. The Morgan fingerprint density at radius 1 is 1.15 bits per heavy atom. The highest BCUT2D eigenvalue weighted by Crippen LogP contribution is 2.21. The van der Waals surface area contributed by atoms with Crippen LogP contribution in [-0.2, 0) is 11.2 Å². The zero-order valence-corrected chi connectivity index (χ0v) is 16.2. The first-order valence-electron chi connectivity index (χ1n) is 8.70. The zero-order chi connectivity index (χ0) is 18.4. The molecule has 0 spiro atoms. The van der Waals surface area contributed by atoms with Crippen molar-refractivity contribution >= 4 is 21.8 Å². The zero-order valence-electron chi connectivity index (χ0n) is 14.6. The van der Waals surface area contributed by atoms with Crippen molar-refractivity contribution in [3.63, 3.8) is 0 Å². The normalized spacial score (nSPS) is 11.9. The predicted molar refractivity (Wildman–Crippen MR) is 106 cm³/mol. The summed E-state index contributed by atoms with van der Waals surface area (Å²) in [5, 5.41) is 3.09. The Hall–Kier alpha value is -2.40. The highest BCUT2D eigenvalue weighted by atomic mass is 79.9. The van der Waals surface area contributed by atoms with Crippen LogP contribution >= 0.6 is 15.9 Å². The molecule has 26 heavy (non-hydrogen) atoms. The number of carbonyl (C=O) groups excluding carboxylic acids is 1. The summed E-state index contributed by atoms with van der Waals surface area (Å²) in [6.07, 6.45) is 3.38. The van der Waals surface area contributed by atoms with Crippen LogP contribution in [0.3, 0.4) is 0 Å². The Morgan fingerprint density at radius 2 is 1.88 bits per heavy atom. The minimum atomic E-state index is -0.000713. The molecule has 1 heterocycles. The van der Waals surface area contributed by atoms with Crippen molar-refractivity contribution in [2.75, 3.05) is 0 Å². The van der Waals surface area contributed by atoms with E-state index in [1.165, 1.54) is 0 Å². The Kier molecular flexibility index (Phi) is 6.23. The quantitative estimate of drug-likeness (QED) is 0.572. The number of halogens is 1. The minimum Gasteiger partial charge on any atom is -0.441 e. The molecule has 0 saturated carbocycles. The van der Waals surface area contributed by atoms with Gasteiger partial charge in [-0.2, -0.15) is 0 Å². The molecular formula is C21H21BrN2O2. The van der Waals surface area contributed by atoms with Gasteiger partial charge in [-0.3, -0.25) is 4.79 Å². The molecule has 0 saturated heterocycles. The third-order valence-corrected chi connectivity index (χ3v) is 4.72. The van der Waals surface area contributed by atoms with Crippen molar-refractivity contribution in [2.45, 2.75) is 32.2 Å². The monoisotopic (exact) mass is 412 g/mol. The summed E-state index contributed by atoms with van der Waals surface area (Å²) in [7, 11) is 0. The standard InChI is InChI=1S/C21H21BrN2O2/c1-2-18(15-8-10-17(22)11-9-15)24-20(25)12-13-21-23-14-19(26-21)16-6-4-3-5-7-16/h3-11,14,18H,2,12-13H2,1H3,(H,24,25). The third-order valence-electron chi connectivity index (χ3n) is 4.19. The number of rotatable bonds is 7. The van der Waals surface area contributed by atoms with Crippen LogP contribution in [0.2, 0.25) is 0 Å². The first kappa shape index (κ1) is 18.4. The van der Waals surface area contributed by atoms with Gasteiger partial charge in [-0.15, -0.1) is 0 Å². The first-order chi connectivity index (χ1) is 12.7. The van der Waals surface area contributed by atoms with E-state index >= 15 is 0 Å². The van der Waals surface area contributed by atoms with Crippen LogP contribution in [0.5, 0.6) is 0 Å². The van der Waals surface area contributed by atoms with Gasteiger partial charge in [-0.05, 0) is 24.1 Å². The number of carbonyl (C=O) groups is 1. The molecule has 134 valence electrons. The van der Waals surface area contributed by atoms with Crippen LogP contribution in [0, 0.1) is 0 Å². The fraction of sp³-hybridized carbons (Fsp3) is 0.238. The average Bonchev–Trinajstić information content (AvgIpc) is 3.15. The van der Waals surface area contributed by atoms with E-state index in [1.807, 2.05) is 54.6 Å². The summed E-state index contributed by atoms with van der Waals surface area (Å²) in [5.74, 6) is 1.30. The number of hydrogen-bond donors (Lipinski definition) is 1. The number of nitrogens with zero attached hydrogens (tertiary/aromatic N) is 1. The summed E-state index contributed by atoms with van der Waals surface area (Å²) in [4.78, 5) is 16.6. The van der Waals surface area contributed by atoms with E-state index in [-0.39, 0.29) is 11.9 Å². The molecule has 3 aromatic rings. The van der Waals surface area contributed by atoms with Crippen LogP contribution in [0.15, 0.2) is 69.7 Å². The molecule has 0 radical (unpaired) electrons. The van der Waals surface area contributed by atoms with E-state index in [0.29, 0.717) is 18.7 Å². The van der Waals surface area contributed by atoms with Crippen molar-refractivity contribution in [3.8, 4) is 11.3 Å². The SMILES string of the molecule is CCC(NC(=O)CCc1ncc(-c2ccccc2)o1)c1ccc(Br)cc1. The van der Waals surface area contributed by atoms with Crippen molar-refractivity contribution in [2.24, 2.45) is 0 Å². The van der Waals surface area contributed by atoms with Crippen LogP contribution in [-0.4, -0.2) is 10.9 Å². The molecule has 1 N–H and O–H groups in total. The van der Waals surface area contributed by atoms with Gasteiger partial charge < -0.3 is 9.73 Å². The maximum Gasteiger partial charge on any atom is 0.220 e. The van der Waals surface area contributed by atoms with Crippen molar-refractivity contribution < 1.29 is 9.21 Å². The lowest BCUT2D eigenvalue weighted by Gasteiger charge is -2.17. The molecule has 5 heteroatoms. The van der Waals surface area contributed by atoms with Crippen molar-refractivity contribution in [3.05, 3.63) is 76.7 Å². The first-order valence-corrected chi connectivity index (χ1v) is 9.50. The molecule has 0 aliphatic carbocycles. The van der Waals surface area contributed by atoms with Gasteiger partial charge in [-0.1, -0.05) is 65.3 Å². The summed E-state index contributed by atoms with van der Waals surface area (Å²) in [6, 6.07) is 17.9. The van der Waals surface area contributed by atoms with Crippen LogP contribution in [0.1, 0.15) is 37.3 Å². The van der Waals surface area contributed by atoms with Crippen LogP contribution < -0.4 is 5.32 Å². The Morgan fingerprint density at radius 3 is 2.58 bits per heavy atom.